The highest BCUT2D eigenvalue weighted by Crippen LogP contribution is 2.31. The summed E-state index contributed by atoms with van der Waals surface area (Å²) >= 11 is 5.82. The molecule has 3 atom stereocenters. The molecule has 2 aliphatic heterocycles. The van der Waals surface area contributed by atoms with Crippen LogP contribution in [0.3, 0.4) is 0 Å². The molecule has 2 fully saturated rings. The smallest absolute Gasteiger partial charge is 0.129 e. The molecule has 4 heteroatoms. The Balaban J connectivity index is 1.67. The molecular weight excluding hydrogens is 248 g/mol. The Morgan fingerprint density at radius 3 is 2.72 bits per heavy atom. The van der Waals surface area contributed by atoms with Crippen molar-refractivity contribution in [2.75, 3.05) is 13.2 Å². The normalized spacial score (nSPS) is 29.4. The molecule has 0 radical (unpaired) electrons. The van der Waals surface area contributed by atoms with Gasteiger partial charge in [0.1, 0.15) is 5.15 Å². The molecule has 2 bridgehead atoms. The number of hydrogen-bond donors (Lipinski definition) is 0. The Hall–Kier alpha value is -0.640. The molecule has 0 aromatic carbocycles. The first-order valence-corrected chi connectivity index (χ1v) is 7.07. The Bertz CT molecular complexity index is 393. The van der Waals surface area contributed by atoms with Crippen LogP contribution in [0, 0.1) is 0 Å². The van der Waals surface area contributed by atoms with Crippen LogP contribution in [-0.2, 0) is 11.2 Å². The Labute approximate surface area is 113 Å². The quantitative estimate of drug-likeness (QED) is 0.786. The van der Waals surface area contributed by atoms with Crippen molar-refractivity contribution in [1.82, 2.24) is 9.88 Å². The van der Waals surface area contributed by atoms with E-state index in [2.05, 4.69) is 22.9 Å². The average Bonchev–Trinajstić information content (AvgIpc) is 2.62. The van der Waals surface area contributed by atoms with E-state index in [-0.39, 0.29) is 0 Å². The Kier molecular flexibility index (Phi) is 3.55. The number of ether oxygens (including phenoxy) is 1. The predicted molar refractivity (Wildman–Crippen MR) is 71.9 cm³/mol. The summed E-state index contributed by atoms with van der Waals surface area (Å²) in [7, 11) is 0. The van der Waals surface area contributed by atoms with Crippen molar-refractivity contribution in [2.24, 2.45) is 0 Å². The monoisotopic (exact) mass is 266 g/mol. The fourth-order valence-electron chi connectivity index (χ4n) is 3.35. The van der Waals surface area contributed by atoms with Gasteiger partial charge in [0.25, 0.3) is 0 Å². The molecule has 18 heavy (non-hydrogen) atoms. The van der Waals surface area contributed by atoms with Crippen LogP contribution in [0.25, 0.3) is 0 Å². The van der Waals surface area contributed by atoms with Crippen LogP contribution < -0.4 is 0 Å². The molecule has 98 valence electrons. The first-order chi connectivity index (χ1) is 8.74. The summed E-state index contributed by atoms with van der Waals surface area (Å²) in [5.41, 5.74) is 1.26. The lowest BCUT2D eigenvalue weighted by Gasteiger charge is -2.39. The van der Waals surface area contributed by atoms with Gasteiger partial charge in [-0.25, -0.2) is 4.98 Å². The third kappa shape index (κ3) is 2.40. The maximum Gasteiger partial charge on any atom is 0.129 e. The van der Waals surface area contributed by atoms with Crippen molar-refractivity contribution in [3.05, 3.63) is 29.0 Å². The van der Waals surface area contributed by atoms with Gasteiger partial charge >= 0.3 is 0 Å². The summed E-state index contributed by atoms with van der Waals surface area (Å²) in [6, 6.07) is 5.75. The lowest BCUT2D eigenvalue weighted by Crippen LogP contribution is -2.50. The molecule has 0 saturated carbocycles. The number of aromatic nitrogens is 1. The van der Waals surface area contributed by atoms with Gasteiger partial charge in [-0.05, 0) is 37.8 Å². The summed E-state index contributed by atoms with van der Waals surface area (Å²) in [5.74, 6) is 0. The first kappa shape index (κ1) is 12.4. The standard InChI is InChI=1S/C14H19ClN2O/c1-10(6-11-2-5-14(15)16-7-11)17-12-3-4-13(17)9-18-8-12/h2,5,7,10,12-13H,3-4,6,8-9H2,1H3. The number of halogens is 1. The van der Waals surface area contributed by atoms with Crippen molar-refractivity contribution in [3.63, 3.8) is 0 Å². The summed E-state index contributed by atoms with van der Waals surface area (Å²) in [4.78, 5) is 6.80. The van der Waals surface area contributed by atoms with Crippen LogP contribution in [0.2, 0.25) is 5.15 Å². The summed E-state index contributed by atoms with van der Waals surface area (Å²) in [6.07, 6.45) is 5.50. The Morgan fingerprint density at radius 2 is 2.11 bits per heavy atom. The van der Waals surface area contributed by atoms with Gasteiger partial charge in [0.05, 0.1) is 13.2 Å². The van der Waals surface area contributed by atoms with Crippen molar-refractivity contribution in [3.8, 4) is 0 Å². The highest BCUT2D eigenvalue weighted by Gasteiger charge is 2.39. The second-order valence-corrected chi connectivity index (χ2v) is 5.80. The van der Waals surface area contributed by atoms with Crippen molar-refractivity contribution in [2.45, 2.75) is 44.3 Å². The fourth-order valence-corrected chi connectivity index (χ4v) is 3.47. The van der Waals surface area contributed by atoms with E-state index in [0.29, 0.717) is 23.3 Å². The van der Waals surface area contributed by atoms with Gasteiger partial charge in [0.15, 0.2) is 0 Å². The fraction of sp³-hybridized carbons (Fsp3) is 0.643. The van der Waals surface area contributed by atoms with E-state index in [1.165, 1.54) is 18.4 Å². The molecule has 0 N–H and O–H groups in total. The number of nitrogens with zero attached hydrogens (tertiary/aromatic N) is 2. The van der Waals surface area contributed by atoms with Gasteiger partial charge in [-0.3, -0.25) is 4.90 Å². The van der Waals surface area contributed by atoms with Gasteiger partial charge in [-0.2, -0.15) is 0 Å². The zero-order valence-corrected chi connectivity index (χ0v) is 11.4. The molecule has 3 nitrogen and oxygen atoms in total. The number of hydrogen-bond acceptors (Lipinski definition) is 3. The molecule has 2 aliphatic rings. The summed E-state index contributed by atoms with van der Waals surface area (Å²) in [6.45, 7) is 4.12. The number of pyridine rings is 1. The van der Waals surface area contributed by atoms with Crippen LogP contribution in [0.5, 0.6) is 0 Å². The second-order valence-electron chi connectivity index (χ2n) is 5.41. The van der Waals surface area contributed by atoms with Gasteiger partial charge in [-0.1, -0.05) is 17.7 Å². The highest BCUT2D eigenvalue weighted by atomic mass is 35.5. The molecular formula is C14H19ClN2O. The van der Waals surface area contributed by atoms with E-state index < -0.39 is 0 Å². The lowest BCUT2D eigenvalue weighted by atomic mass is 10.1. The maximum atomic E-state index is 5.82. The molecule has 2 saturated heterocycles. The van der Waals surface area contributed by atoms with Crippen molar-refractivity contribution >= 4 is 11.6 Å². The van der Waals surface area contributed by atoms with Gasteiger partial charge in [0, 0.05) is 24.3 Å². The van der Waals surface area contributed by atoms with Crippen LogP contribution in [-0.4, -0.2) is 41.2 Å². The zero-order valence-electron chi connectivity index (χ0n) is 10.7. The van der Waals surface area contributed by atoms with Crippen molar-refractivity contribution < 1.29 is 4.74 Å². The van der Waals surface area contributed by atoms with Crippen LogP contribution in [0.15, 0.2) is 18.3 Å². The minimum absolute atomic E-state index is 0.550. The van der Waals surface area contributed by atoms with Crippen molar-refractivity contribution in [1.29, 1.82) is 0 Å². The molecule has 3 unspecified atom stereocenters. The number of fused-ring (bicyclic) bond motifs is 2. The lowest BCUT2D eigenvalue weighted by molar-refractivity contribution is -0.0326. The van der Waals surface area contributed by atoms with E-state index in [9.17, 15) is 0 Å². The molecule has 3 rings (SSSR count). The topological polar surface area (TPSA) is 25.4 Å². The predicted octanol–water partition coefficient (Wildman–Crippen LogP) is 2.53. The van der Waals surface area contributed by atoms with E-state index in [0.717, 1.165) is 19.6 Å². The number of rotatable bonds is 3. The van der Waals surface area contributed by atoms with Gasteiger partial charge in [-0.15, -0.1) is 0 Å². The van der Waals surface area contributed by atoms with E-state index in [1.54, 1.807) is 0 Å². The minimum Gasteiger partial charge on any atom is -0.378 e. The molecule has 0 aliphatic carbocycles. The van der Waals surface area contributed by atoms with Gasteiger partial charge in [0.2, 0.25) is 0 Å². The highest BCUT2D eigenvalue weighted by molar-refractivity contribution is 6.29. The van der Waals surface area contributed by atoms with Crippen LogP contribution in [0.1, 0.15) is 25.3 Å². The summed E-state index contributed by atoms with van der Waals surface area (Å²) < 4.78 is 5.63. The van der Waals surface area contributed by atoms with Gasteiger partial charge < -0.3 is 4.74 Å². The van der Waals surface area contributed by atoms with Crippen LogP contribution >= 0.6 is 11.6 Å². The van der Waals surface area contributed by atoms with Crippen LogP contribution in [0.4, 0.5) is 0 Å². The second kappa shape index (κ2) is 5.16. The average molecular weight is 267 g/mol. The van der Waals surface area contributed by atoms with E-state index >= 15 is 0 Å². The molecule has 0 spiro atoms. The SMILES string of the molecule is CC(Cc1ccc(Cl)nc1)N1C2CCC1COC2. The minimum atomic E-state index is 0.550. The first-order valence-electron chi connectivity index (χ1n) is 6.69. The number of morpholine rings is 1. The Morgan fingerprint density at radius 1 is 1.39 bits per heavy atom. The third-order valence-corrected chi connectivity index (χ3v) is 4.35. The maximum absolute atomic E-state index is 5.82. The molecule has 1 aromatic heterocycles. The van der Waals surface area contributed by atoms with E-state index in [4.69, 9.17) is 16.3 Å². The zero-order chi connectivity index (χ0) is 12.5. The molecule has 3 heterocycles. The van der Waals surface area contributed by atoms with E-state index in [1.807, 2.05) is 12.3 Å². The summed E-state index contributed by atoms with van der Waals surface area (Å²) in [5, 5.41) is 0.567. The molecule has 0 amide bonds. The largest absolute Gasteiger partial charge is 0.378 e. The third-order valence-electron chi connectivity index (χ3n) is 4.13. The molecule has 1 aromatic rings.